The second-order valence-electron chi connectivity index (χ2n) is 3.09. The molecule has 0 atom stereocenters. The number of aldehydes is 1. The molecule has 0 saturated carbocycles. The Labute approximate surface area is 89.2 Å². The summed E-state index contributed by atoms with van der Waals surface area (Å²) in [7, 11) is 0. The van der Waals surface area contributed by atoms with Crippen molar-refractivity contribution < 1.29 is 18.7 Å². The lowest BCUT2D eigenvalue weighted by Crippen LogP contribution is -2.06. The summed E-state index contributed by atoms with van der Waals surface area (Å²) < 4.78 is 15.5. The Hall–Kier alpha value is -1.29. The van der Waals surface area contributed by atoms with Crippen LogP contribution in [0.4, 0.5) is 0 Å². The normalized spacial score (nSPS) is 10.2. The predicted molar refractivity (Wildman–Crippen MR) is 55.3 cm³/mol. The monoisotopic (exact) mass is 212 g/mol. The Balaban J connectivity index is 2.07. The van der Waals surface area contributed by atoms with Crippen molar-refractivity contribution in [3.8, 4) is 5.95 Å². The van der Waals surface area contributed by atoms with E-state index < -0.39 is 0 Å². The first-order valence-electron chi connectivity index (χ1n) is 5.12. The number of unbranched alkanes of at least 4 members (excludes halogenated alkanes) is 1. The van der Waals surface area contributed by atoms with Crippen LogP contribution >= 0.6 is 0 Å². The SMILES string of the molecule is CCCCOCCOc1ccc(C=O)o1. The van der Waals surface area contributed by atoms with E-state index in [2.05, 4.69) is 6.92 Å². The average Bonchev–Trinajstić information content (AvgIpc) is 2.71. The molecule has 0 aliphatic carbocycles. The fraction of sp³-hybridized carbons (Fsp3) is 0.545. The maximum Gasteiger partial charge on any atom is 0.284 e. The average molecular weight is 212 g/mol. The lowest BCUT2D eigenvalue weighted by atomic mass is 10.4. The van der Waals surface area contributed by atoms with Gasteiger partial charge in [0.1, 0.15) is 6.61 Å². The lowest BCUT2D eigenvalue weighted by Gasteiger charge is -2.03. The number of hydrogen-bond acceptors (Lipinski definition) is 4. The minimum Gasteiger partial charge on any atom is -0.463 e. The third-order valence-corrected chi connectivity index (χ3v) is 1.83. The van der Waals surface area contributed by atoms with Gasteiger partial charge >= 0.3 is 0 Å². The molecule has 0 saturated heterocycles. The second-order valence-corrected chi connectivity index (χ2v) is 3.09. The Morgan fingerprint density at radius 1 is 1.33 bits per heavy atom. The Morgan fingerprint density at radius 2 is 2.20 bits per heavy atom. The maximum absolute atomic E-state index is 10.3. The highest BCUT2D eigenvalue weighted by Gasteiger charge is 2.00. The van der Waals surface area contributed by atoms with E-state index in [0.29, 0.717) is 25.4 Å². The van der Waals surface area contributed by atoms with Gasteiger partial charge in [-0.1, -0.05) is 13.3 Å². The van der Waals surface area contributed by atoms with Gasteiger partial charge in [-0.25, -0.2) is 0 Å². The first-order valence-corrected chi connectivity index (χ1v) is 5.12. The molecule has 4 nitrogen and oxygen atoms in total. The van der Waals surface area contributed by atoms with Gasteiger partial charge in [-0.2, -0.15) is 0 Å². The van der Waals surface area contributed by atoms with Gasteiger partial charge in [-0.3, -0.25) is 4.79 Å². The fourth-order valence-electron chi connectivity index (χ4n) is 1.02. The molecule has 0 bridgehead atoms. The van der Waals surface area contributed by atoms with Crippen LogP contribution in [-0.2, 0) is 4.74 Å². The van der Waals surface area contributed by atoms with E-state index in [9.17, 15) is 4.79 Å². The number of carbonyl (C=O) groups excluding carboxylic acids is 1. The van der Waals surface area contributed by atoms with Crippen LogP contribution in [0.1, 0.15) is 30.3 Å². The van der Waals surface area contributed by atoms with E-state index in [0.717, 1.165) is 19.4 Å². The molecule has 1 aromatic heterocycles. The molecule has 0 N–H and O–H groups in total. The highest BCUT2D eigenvalue weighted by atomic mass is 16.6. The largest absolute Gasteiger partial charge is 0.463 e. The minimum atomic E-state index is 0.275. The zero-order valence-corrected chi connectivity index (χ0v) is 8.90. The molecule has 0 spiro atoms. The molecule has 1 rings (SSSR count). The van der Waals surface area contributed by atoms with E-state index in [1.807, 2.05) is 0 Å². The highest BCUT2D eigenvalue weighted by molar-refractivity contribution is 5.70. The molecule has 0 aromatic carbocycles. The van der Waals surface area contributed by atoms with Crippen molar-refractivity contribution in [3.63, 3.8) is 0 Å². The highest BCUT2D eigenvalue weighted by Crippen LogP contribution is 2.13. The first kappa shape index (κ1) is 11.8. The van der Waals surface area contributed by atoms with E-state index in [1.165, 1.54) is 0 Å². The third kappa shape index (κ3) is 4.65. The van der Waals surface area contributed by atoms with Gasteiger partial charge in [0.2, 0.25) is 0 Å². The molecule has 0 aliphatic heterocycles. The van der Waals surface area contributed by atoms with Crippen LogP contribution in [0.15, 0.2) is 16.5 Å². The van der Waals surface area contributed by atoms with Crippen LogP contribution in [0.25, 0.3) is 0 Å². The number of furan rings is 1. The molecule has 84 valence electrons. The van der Waals surface area contributed by atoms with Crippen LogP contribution in [0.5, 0.6) is 5.95 Å². The van der Waals surface area contributed by atoms with Gasteiger partial charge in [0.05, 0.1) is 6.61 Å². The molecule has 1 heterocycles. The summed E-state index contributed by atoms with van der Waals surface area (Å²) in [5, 5.41) is 0. The van der Waals surface area contributed by atoms with Crippen molar-refractivity contribution in [1.82, 2.24) is 0 Å². The van der Waals surface area contributed by atoms with E-state index in [-0.39, 0.29) is 5.76 Å². The maximum atomic E-state index is 10.3. The molecule has 0 fully saturated rings. The van der Waals surface area contributed by atoms with Crippen molar-refractivity contribution in [3.05, 3.63) is 17.9 Å². The molecular weight excluding hydrogens is 196 g/mol. The zero-order valence-electron chi connectivity index (χ0n) is 8.90. The van der Waals surface area contributed by atoms with Gasteiger partial charge in [-0.15, -0.1) is 0 Å². The van der Waals surface area contributed by atoms with Gasteiger partial charge in [0.15, 0.2) is 12.0 Å². The molecule has 0 amide bonds. The smallest absolute Gasteiger partial charge is 0.284 e. The quantitative estimate of drug-likeness (QED) is 0.490. The summed E-state index contributed by atoms with van der Waals surface area (Å²) in [4.78, 5) is 10.3. The van der Waals surface area contributed by atoms with Crippen molar-refractivity contribution in [2.45, 2.75) is 19.8 Å². The van der Waals surface area contributed by atoms with Crippen molar-refractivity contribution in [2.24, 2.45) is 0 Å². The van der Waals surface area contributed by atoms with Crippen LogP contribution < -0.4 is 4.74 Å². The second kappa shape index (κ2) is 7.06. The number of carbonyl (C=O) groups is 1. The van der Waals surface area contributed by atoms with Gasteiger partial charge in [-0.05, 0) is 12.5 Å². The van der Waals surface area contributed by atoms with Crippen molar-refractivity contribution in [1.29, 1.82) is 0 Å². The third-order valence-electron chi connectivity index (χ3n) is 1.83. The minimum absolute atomic E-state index is 0.275. The fourth-order valence-corrected chi connectivity index (χ4v) is 1.02. The van der Waals surface area contributed by atoms with Crippen molar-refractivity contribution in [2.75, 3.05) is 19.8 Å². The number of hydrogen-bond donors (Lipinski definition) is 0. The zero-order chi connectivity index (χ0) is 10.9. The van der Waals surface area contributed by atoms with Crippen LogP contribution in [0.2, 0.25) is 0 Å². The summed E-state index contributed by atoms with van der Waals surface area (Å²) in [6.45, 7) is 3.86. The molecular formula is C11H16O4. The molecule has 0 radical (unpaired) electrons. The van der Waals surface area contributed by atoms with Crippen LogP contribution in [0.3, 0.4) is 0 Å². The number of ether oxygens (including phenoxy) is 2. The van der Waals surface area contributed by atoms with Gasteiger partial charge < -0.3 is 13.9 Å². The summed E-state index contributed by atoms with van der Waals surface area (Å²) in [6.07, 6.45) is 2.84. The topological polar surface area (TPSA) is 48.7 Å². The van der Waals surface area contributed by atoms with Gasteiger partial charge in [0, 0.05) is 12.7 Å². The molecule has 0 aliphatic rings. The summed E-state index contributed by atoms with van der Waals surface area (Å²) in [6, 6.07) is 3.19. The Morgan fingerprint density at radius 3 is 2.87 bits per heavy atom. The van der Waals surface area contributed by atoms with Crippen LogP contribution in [0, 0.1) is 0 Å². The van der Waals surface area contributed by atoms with Crippen molar-refractivity contribution >= 4 is 6.29 Å². The Bertz CT molecular complexity index is 280. The van der Waals surface area contributed by atoms with Crippen LogP contribution in [-0.4, -0.2) is 26.1 Å². The first-order chi connectivity index (χ1) is 7.36. The predicted octanol–water partition coefficient (Wildman–Crippen LogP) is 2.29. The van der Waals surface area contributed by atoms with E-state index in [1.54, 1.807) is 12.1 Å². The molecule has 1 aromatic rings. The number of rotatable bonds is 8. The standard InChI is InChI=1S/C11H16O4/c1-2-3-6-13-7-8-14-11-5-4-10(9-12)15-11/h4-5,9H,2-3,6-8H2,1H3. The Kier molecular flexibility index (Phi) is 5.55. The van der Waals surface area contributed by atoms with E-state index in [4.69, 9.17) is 13.9 Å². The van der Waals surface area contributed by atoms with E-state index >= 15 is 0 Å². The summed E-state index contributed by atoms with van der Waals surface area (Å²) in [5.74, 6) is 0.632. The summed E-state index contributed by atoms with van der Waals surface area (Å²) in [5.41, 5.74) is 0. The molecule has 15 heavy (non-hydrogen) atoms. The summed E-state index contributed by atoms with van der Waals surface area (Å²) >= 11 is 0. The molecule has 4 heteroatoms. The lowest BCUT2D eigenvalue weighted by molar-refractivity contribution is 0.0876. The molecule has 0 unspecified atom stereocenters. The van der Waals surface area contributed by atoms with Gasteiger partial charge in [0.25, 0.3) is 5.95 Å².